The van der Waals surface area contributed by atoms with Crippen molar-refractivity contribution in [3.8, 4) is 40.0 Å². The zero-order chi connectivity index (χ0) is 24.3. The molecule has 0 saturated heterocycles. The molecule has 5 nitrogen and oxygen atoms in total. The van der Waals surface area contributed by atoms with Crippen LogP contribution in [0.25, 0.3) is 50.9 Å². The van der Waals surface area contributed by atoms with Crippen molar-refractivity contribution < 1.29 is 0 Å². The molecule has 0 bridgehead atoms. The molecule has 0 spiro atoms. The maximum Gasteiger partial charge on any atom is 0.238 e. The van der Waals surface area contributed by atoms with E-state index in [2.05, 4.69) is 48.7 Å². The second kappa shape index (κ2) is 7.68. The van der Waals surface area contributed by atoms with Crippen LogP contribution in [0, 0.1) is 0 Å². The number of hydrogen-bond donors (Lipinski definition) is 0. The largest absolute Gasteiger partial charge is 0.281 e. The Kier molecular flexibility index (Phi) is 4.42. The van der Waals surface area contributed by atoms with Crippen molar-refractivity contribution in [1.29, 1.82) is 0 Å². The first-order valence-corrected chi connectivity index (χ1v) is 12.1. The van der Waals surface area contributed by atoms with E-state index in [4.69, 9.17) is 19.9 Å². The Morgan fingerprint density at radius 1 is 0.639 bits per heavy atom. The van der Waals surface area contributed by atoms with Crippen LogP contribution in [0.15, 0.2) is 103 Å². The average molecular weight is 466 g/mol. The van der Waals surface area contributed by atoms with Gasteiger partial charge in [-0.3, -0.25) is 9.55 Å². The van der Waals surface area contributed by atoms with E-state index in [1.165, 1.54) is 5.56 Å². The SMILES string of the molecule is CC1(C)c2cccnc2-c2c1n(-c1nc(-c3ccccc3)nc(-c3ccccc3)n1)c1ccccc21. The minimum Gasteiger partial charge on any atom is -0.281 e. The lowest BCUT2D eigenvalue weighted by Gasteiger charge is -2.23. The fourth-order valence-electron chi connectivity index (χ4n) is 5.41. The second-order valence-corrected chi connectivity index (χ2v) is 9.62. The van der Waals surface area contributed by atoms with Crippen molar-refractivity contribution in [2.45, 2.75) is 19.3 Å². The Morgan fingerprint density at radius 2 is 1.25 bits per heavy atom. The Bertz CT molecular complexity index is 1690. The van der Waals surface area contributed by atoms with Crippen molar-refractivity contribution in [3.05, 3.63) is 115 Å². The van der Waals surface area contributed by atoms with E-state index in [0.717, 1.165) is 39.0 Å². The molecule has 5 heteroatoms. The van der Waals surface area contributed by atoms with E-state index in [1.807, 2.05) is 72.9 Å². The van der Waals surface area contributed by atoms with Gasteiger partial charge in [0, 0.05) is 39.4 Å². The number of nitrogens with zero attached hydrogens (tertiary/aromatic N) is 5. The topological polar surface area (TPSA) is 56.5 Å². The van der Waals surface area contributed by atoms with Gasteiger partial charge in [0.2, 0.25) is 5.95 Å². The first-order valence-electron chi connectivity index (χ1n) is 12.1. The van der Waals surface area contributed by atoms with E-state index in [1.54, 1.807) is 0 Å². The van der Waals surface area contributed by atoms with Crippen molar-refractivity contribution in [2.75, 3.05) is 0 Å². The summed E-state index contributed by atoms with van der Waals surface area (Å²) in [4.78, 5) is 19.8. The molecule has 0 saturated carbocycles. The molecule has 172 valence electrons. The summed E-state index contributed by atoms with van der Waals surface area (Å²) in [6.45, 7) is 4.51. The summed E-state index contributed by atoms with van der Waals surface area (Å²) in [6, 6.07) is 32.8. The molecule has 0 fully saturated rings. The second-order valence-electron chi connectivity index (χ2n) is 9.62. The third-order valence-corrected chi connectivity index (χ3v) is 7.07. The highest BCUT2D eigenvalue weighted by Gasteiger charge is 2.42. The first-order chi connectivity index (χ1) is 17.6. The summed E-state index contributed by atoms with van der Waals surface area (Å²) < 4.78 is 2.22. The molecule has 3 heterocycles. The third kappa shape index (κ3) is 2.96. The number of pyridine rings is 1. The van der Waals surface area contributed by atoms with Gasteiger partial charge in [-0.15, -0.1) is 0 Å². The monoisotopic (exact) mass is 465 g/mol. The third-order valence-electron chi connectivity index (χ3n) is 7.07. The molecule has 0 aliphatic heterocycles. The number of aromatic nitrogens is 5. The van der Waals surface area contributed by atoms with E-state index >= 15 is 0 Å². The summed E-state index contributed by atoms with van der Waals surface area (Å²) in [5, 5.41) is 1.15. The van der Waals surface area contributed by atoms with Gasteiger partial charge in [-0.2, -0.15) is 9.97 Å². The summed E-state index contributed by atoms with van der Waals surface area (Å²) in [6.07, 6.45) is 1.88. The van der Waals surface area contributed by atoms with Crippen molar-refractivity contribution in [3.63, 3.8) is 0 Å². The number of fused-ring (bicyclic) bond motifs is 5. The molecular formula is C31H23N5. The normalized spacial score (nSPS) is 13.5. The van der Waals surface area contributed by atoms with Gasteiger partial charge >= 0.3 is 0 Å². The average Bonchev–Trinajstić information content (AvgIpc) is 3.40. The molecule has 3 aromatic heterocycles. The van der Waals surface area contributed by atoms with Crippen LogP contribution in [0.3, 0.4) is 0 Å². The van der Waals surface area contributed by atoms with Gasteiger partial charge in [-0.1, -0.05) is 98.8 Å². The van der Waals surface area contributed by atoms with Crippen molar-refractivity contribution >= 4 is 10.9 Å². The Labute approximate surface area is 209 Å². The molecule has 3 aromatic carbocycles. The van der Waals surface area contributed by atoms with E-state index in [-0.39, 0.29) is 5.41 Å². The van der Waals surface area contributed by atoms with Crippen LogP contribution in [0.1, 0.15) is 25.1 Å². The molecular weight excluding hydrogens is 442 g/mol. The number of rotatable bonds is 3. The molecule has 1 aliphatic rings. The minimum absolute atomic E-state index is 0.273. The number of hydrogen-bond acceptors (Lipinski definition) is 4. The summed E-state index contributed by atoms with van der Waals surface area (Å²) in [7, 11) is 0. The molecule has 36 heavy (non-hydrogen) atoms. The molecule has 1 aliphatic carbocycles. The Balaban J connectivity index is 1.58. The molecule has 0 N–H and O–H groups in total. The standard InChI is InChI=1S/C31H23N5/c1-31(2)23-17-11-19-32-26(23)25-22-16-9-10-18-24(22)36(27(25)31)30-34-28(20-12-5-3-6-13-20)33-29(35-30)21-14-7-4-8-15-21/h3-19H,1-2H3. The van der Waals surface area contributed by atoms with Gasteiger partial charge < -0.3 is 0 Å². The highest BCUT2D eigenvalue weighted by Crippen LogP contribution is 2.52. The van der Waals surface area contributed by atoms with Gasteiger partial charge in [-0.05, 0) is 17.7 Å². The van der Waals surface area contributed by atoms with Crippen LogP contribution in [0.4, 0.5) is 0 Å². The maximum atomic E-state index is 5.05. The summed E-state index contributed by atoms with van der Waals surface area (Å²) in [5.74, 6) is 1.91. The van der Waals surface area contributed by atoms with E-state index in [0.29, 0.717) is 17.6 Å². The van der Waals surface area contributed by atoms with Gasteiger partial charge in [0.1, 0.15) is 0 Å². The first kappa shape index (κ1) is 20.7. The zero-order valence-corrected chi connectivity index (χ0v) is 20.1. The molecule has 0 radical (unpaired) electrons. The van der Waals surface area contributed by atoms with E-state index in [9.17, 15) is 0 Å². The Morgan fingerprint density at radius 3 is 1.92 bits per heavy atom. The lowest BCUT2D eigenvalue weighted by Crippen LogP contribution is -2.21. The van der Waals surface area contributed by atoms with Gasteiger partial charge in [0.15, 0.2) is 11.6 Å². The molecule has 0 amide bonds. The lowest BCUT2D eigenvalue weighted by molar-refractivity contribution is 0.616. The van der Waals surface area contributed by atoms with Crippen LogP contribution in [0.5, 0.6) is 0 Å². The zero-order valence-electron chi connectivity index (χ0n) is 20.1. The fraction of sp³-hybridized carbons (Fsp3) is 0.0968. The Hall–Kier alpha value is -4.64. The highest BCUT2D eigenvalue weighted by molar-refractivity contribution is 6.02. The van der Waals surface area contributed by atoms with Crippen LogP contribution >= 0.6 is 0 Å². The van der Waals surface area contributed by atoms with Crippen LogP contribution in [0.2, 0.25) is 0 Å². The van der Waals surface area contributed by atoms with Crippen molar-refractivity contribution in [1.82, 2.24) is 24.5 Å². The quantitative estimate of drug-likeness (QED) is 0.287. The fourth-order valence-corrected chi connectivity index (χ4v) is 5.41. The van der Waals surface area contributed by atoms with Crippen molar-refractivity contribution in [2.24, 2.45) is 0 Å². The molecule has 0 unspecified atom stereocenters. The highest BCUT2D eigenvalue weighted by atomic mass is 15.2. The molecule has 0 atom stereocenters. The minimum atomic E-state index is -0.273. The van der Waals surface area contributed by atoms with Crippen LogP contribution in [-0.2, 0) is 5.41 Å². The van der Waals surface area contributed by atoms with Crippen LogP contribution < -0.4 is 0 Å². The summed E-state index contributed by atoms with van der Waals surface area (Å²) in [5.41, 5.74) is 7.27. The molecule has 6 aromatic rings. The van der Waals surface area contributed by atoms with Crippen LogP contribution in [-0.4, -0.2) is 24.5 Å². The molecule has 7 rings (SSSR count). The number of benzene rings is 3. The number of para-hydroxylation sites is 1. The maximum absolute atomic E-state index is 5.05. The van der Waals surface area contributed by atoms with Gasteiger partial charge in [0.25, 0.3) is 0 Å². The predicted octanol–water partition coefficient (Wildman–Crippen LogP) is 6.85. The van der Waals surface area contributed by atoms with Gasteiger partial charge in [0.05, 0.1) is 11.2 Å². The smallest absolute Gasteiger partial charge is 0.238 e. The predicted molar refractivity (Wildman–Crippen MR) is 143 cm³/mol. The van der Waals surface area contributed by atoms with E-state index < -0.39 is 0 Å². The summed E-state index contributed by atoms with van der Waals surface area (Å²) >= 11 is 0. The lowest BCUT2D eigenvalue weighted by atomic mass is 9.86. The van der Waals surface area contributed by atoms with Gasteiger partial charge in [-0.25, -0.2) is 4.98 Å².